The maximum Gasteiger partial charge on any atom is 0.225 e. The summed E-state index contributed by atoms with van der Waals surface area (Å²) < 4.78 is 0. The van der Waals surface area contributed by atoms with Crippen LogP contribution in [-0.2, 0) is 11.3 Å². The average Bonchev–Trinajstić information content (AvgIpc) is 2.97. The molecular formula is C21H31N3O. The minimum Gasteiger partial charge on any atom is -0.342 e. The summed E-state index contributed by atoms with van der Waals surface area (Å²) in [4.78, 5) is 17.6. The van der Waals surface area contributed by atoms with E-state index in [-0.39, 0.29) is 5.92 Å². The second-order valence-electron chi connectivity index (χ2n) is 8.52. The predicted octanol–water partition coefficient (Wildman–Crippen LogP) is 2.36. The largest absolute Gasteiger partial charge is 0.342 e. The number of piperidine rings is 1. The quantitative estimate of drug-likeness (QED) is 0.913. The Kier molecular flexibility index (Phi) is 4.83. The molecule has 1 N–H and O–H groups in total. The molecule has 3 saturated heterocycles. The number of nitrogens with one attached hydrogen (secondary N) is 1. The van der Waals surface area contributed by atoms with Crippen molar-refractivity contribution in [3.8, 4) is 0 Å². The highest BCUT2D eigenvalue weighted by atomic mass is 16.2. The number of rotatable bonds is 4. The zero-order chi connectivity index (χ0) is 17.3. The van der Waals surface area contributed by atoms with E-state index in [0.29, 0.717) is 17.2 Å². The van der Waals surface area contributed by atoms with E-state index in [0.717, 1.165) is 39.3 Å². The van der Waals surface area contributed by atoms with Crippen molar-refractivity contribution in [1.29, 1.82) is 0 Å². The fourth-order valence-corrected chi connectivity index (χ4v) is 4.90. The molecule has 2 unspecified atom stereocenters. The maximum absolute atomic E-state index is 12.9. The number of carbonyl (C=O) groups is 1. The molecule has 3 aliphatic heterocycles. The number of nitrogens with zero attached hydrogens (tertiary/aromatic N) is 2. The lowest BCUT2D eigenvalue weighted by Gasteiger charge is -2.41. The molecule has 4 nitrogen and oxygen atoms in total. The predicted molar refractivity (Wildman–Crippen MR) is 100 cm³/mol. The zero-order valence-electron chi connectivity index (χ0n) is 15.4. The van der Waals surface area contributed by atoms with Gasteiger partial charge in [-0.2, -0.15) is 0 Å². The molecule has 1 aromatic rings. The molecule has 136 valence electrons. The number of hydrogen-bond acceptors (Lipinski definition) is 3. The Hall–Kier alpha value is -1.39. The third kappa shape index (κ3) is 3.61. The van der Waals surface area contributed by atoms with Crippen molar-refractivity contribution in [3.05, 3.63) is 35.9 Å². The summed E-state index contributed by atoms with van der Waals surface area (Å²) in [6.07, 6.45) is 3.72. The summed E-state index contributed by atoms with van der Waals surface area (Å²) in [6.45, 7) is 9.46. The van der Waals surface area contributed by atoms with Crippen LogP contribution in [0.4, 0.5) is 0 Å². The molecule has 1 spiro atoms. The average molecular weight is 341 g/mol. The van der Waals surface area contributed by atoms with Crippen molar-refractivity contribution >= 4 is 5.91 Å². The first-order valence-corrected chi connectivity index (χ1v) is 9.91. The molecule has 3 aliphatic rings. The second-order valence-corrected chi connectivity index (χ2v) is 8.52. The van der Waals surface area contributed by atoms with Gasteiger partial charge in [-0.15, -0.1) is 0 Å². The minimum atomic E-state index is 0.181. The Balaban J connectivity index is 1.36. The van der Waals surface area contributed by atoms with Crippen LogP contribution in [0.25, 0.3) is 0 Å². The molecule has 4 heteroatoms. The van der Waals surface area contributed by atoms with E-state index < -0.39 is 0 Å². The van der Waals surface area contributed by atoms with Crippen LogP contribution in [0, 0.1) is 17.3 Å². The highest BCUT2D eigenvalue weighted by Crippen LogP contribution is 2.40. The van der Waals surface area contributed by atoms with Gasteiger partial charge >= 0.3 is 0 Å². The van der Waals surface area contributed by atoms with Gasteiger partial charge in [-0.05, 0) is 50.4 Å². The summed E-state index contributed by atoms with van der Waals surface area (Å²) in [5, 5.41) is 3.30. The Morgan fingerprint density at radius 1 is 1.20 bits per heavy atom. The van der Waals surface area contributed by atoms with E-state index in [4.69, 9.17) is 0 Å². The van der Waals surface area contributed by atoms with Gasteiger partial charge in [0.2, 0.25) is 5.91 Å². The smallest absolute Gasteiger partial charge is 0.225 e. The normalized spacial score (nSPS) is 28.9. The molecule has 3 heterocycles. The lowest BCUT2D eigenvalue weighted by molar-refractivity contribution is -0.136. The standard InChI is InChI=1S/C21H31N3O/c1-17(19-12-22-13-19)20(25)24-11-9-21(16-24)8-5-10-23(15-21)14-18-6-3-2-4-7-18/h2-4,6-7,17,19,22H,5,8-16H2,1H3. The second kappa shape index (κ2) is 7.08. The Bertz CT molecular complexity index is 600. The molecule has 0 saturated carbocycles. The first-order valence-electron chi connectivity index (χ1n) is 9.91. The number of hydrogen-bond donors (Lipinski definition) is 1. The summed E-state index contributed by atoms with van der Waals surface area (Å²) in [7, 11) is 0. The van der Waals surface area contributed by atoms with Gasteiger partial charge in [0.05, 0.1) is 0 Å². The van der Waals surface area contributed by atoms with Crippen LogP contribution < -0.4 is 5.32 Å². The van der Waals surface area contributed by atoms with Gasteiger partial charge in [-0.25, -0.2) is 0 Å². The molecule has 0 aromatic heterocycles. The number of amides is 1. The van der Waals surface area contributed by atoms with Crippen LogP contribution >= 0.6 is 0 Å². The van der Waals surface area contributed by atoms with E-state index >= 15 is 0 Å². The molecule has 0 radical (unpaired) electrons. The van der Waals surface area contributed by atoms with Crippen molar-refractivity contribution in [3.63, 3.8) is 0 Å². The number of benzene rings is 1. The molecule has 3 fully saturated rings. The van der Waals surface area contributed by atoms with E-state index in [1.54, 1.807) is 0 Å². The van der Waals surface area contributed by atoms with E-state index in [1.807, 2.05) is 0 Å². The highest BCUT2D eigenvalue weighted by molar-refractivity contribution is 5.79. The first-order chi connectivity index (χ1) is 12.2. The lowest BCUT2D eigenvalue weighted by Crippen LogP contribution is -2.51. The zero-order valence-corrected chi connectivity index (χ0v) is 15.4. The molecule has 1 aromatic carbocycles. The van der Waals surface area contributed by atoms with Gasteiger partial charge in [0.15, 0.2) is 0 Å². The minimum absolute atomic E-state index is 0.181. The molecule has 2 atom stereocenters. The van der Waals surface area contributed by atoms with Crippen molar-refractivity contribution in [2.75, 3.05) is 39.3 Å². The molecule has 0 bridgehead atoms. The monoisotopic (exact) mass is 341 g/mol. The number of likely N-dealkylation sites (tertiary alicyclic amines) is 2. The molecule has 4 rings (SSSR count). The van der Waals surface area contributed by atoms with Gasteiger partial charge in [0.25, 0.3) is 0 Å². The van der Waals surface area contributed by atoms with Gasteiger partial charge in [0, 0.05) is 37.5 Å². The first kappa shape index (κ1) is 17.0. The summed E-state index contributed by atoms with van der Waals surface area (Å²) >= 11 is 0. The van der Waals surface area contributed by atoms with Crippen molar-refractivity contribution in [1.82, 2.24) is 15.1 Å². The summed E-state index contributed by atoms with van der Waals surface area (Å²) in [5.74, 6) is 1.12. The van der Waals surface area contributed by atoms with E-state index in [9.17, 15) is 4.79 Å². The fourth-order valence-electron chi connectivity index (χ4n) is 4.90. The summed E-state index contributed by atoms with van der Waals surface area (Å²) in [5.41, 5.74) is 1.73. The van der Waals surface area contributed by atoms with Gasteiger partial charge in [-0.1, -0.05) is 37.3 Å². The summed E-state index contributed by atoms with van der Waals surface area (Å²) in [6, 6.07) is 10.8. The number of carbonyl (C=O) groups excluding carboxylic acids is 1. The van der Waals surface area contributed by atoms with Crippen LogP contribution in [0.5, 0.6) is 0 Å². The molecule has 25 heavy (non-hydrogen) atoms. The Morgan fingerprint density at radius 2 is 2.00 bits per heavy atom. The van der Waals surface area contributed by atoms with E-state index in [1.165, 1.54) is 31.4 Å². The Labute approximate surface area is 151 Å². The third-order valence-corrected chi connectivity index (χ3v) is 6.65. The van der Waals surface area contributed by atoms with Gasteiger partial charge in [0.1, 0.15) is 0 Å². The van der Waals surface area contributed by atoms with E-state index in [2.05, 4.69) is 52.4 Å². The van der Waals surface area contributed by atoms with Gasteiger partial charge < -0.3 is 10.2 Å². The van der Waals surface area contributed by atoms with Crippen molar-refractivity contribution < 1.29 is 4.79 Å². The third-order valence-electron chi connectivity index (χ3n) is 6.65. The maximum atomic E-state index is 12.9. The molecular weight excluding hydrogens is 310 g/mol. The fraction of sp³-hybridized carbons (Fsp3) is 0.667. The molecule has 0 aliphatic carbocycles. The van der Waals surface area contributed by atoms with Crippen LogP contribution in [0.3, 0.4) is 0 Å². The highest BCUT2D eigenvalue weighted by Gasteiger charge is 2.44. The van der Waals surface area contributed by atoms with Crippen LogP contribution in [-0.4, -0.2) is 55.0 Å². The van der Waals surface area contributed by atoms with Crippen LogP contribution in [0.2, 0.25) is 0 Å². The van der Waals surface area contributed by atoms with Crippen LogP contribution in [0.1, 0.15) is 31.7 Å². The van der Waals surface area contributed by atoms with Crippen LogP contribution in [0.15, 0.2) is 30.3 Å². The van der Waals surface area contributed by atoms with Crippen molar-refractivity contribution in [2.24, 2.45) is 17.3 Å². The SMILES string of the molecule is CC(C(=O)N1CCC2(CCCN(Cc3ccccc3)C2)C1)C1CNC1. The lowest BCUT2D eigenvalue weighted by atomic mass is 9.79. The topological polar surface area (TPSA) is 35.6 Å². The van der Waals surface area contributed by atoms with Crippen molar-refractivity contribution in [2.45, 2.75) is 32.7 Å². The Morgan fingerprint density at radius 3 is 2.72 bits per heavy atom. The molecule has 1 amide bonds. The van der Waals surface area contributed by atoms with Gasteiger partial charge in [-0.3, -0.25) is 9.69 Å².